The van der Waals surface area contributed by atoms with Crippen molar-refractivity contribution < 1.29 is 18.3 Å². The number of imidazole rings is 1. The predicted molar refractivity (Wildman–Crippen MR) is 123 cm³/mol. The smallest absolute Gasteiger partial charge is 0.328 e. The summed E-state index contributed by atoms with van der Waals surface area (Å²) in [5.41, 5.74) is 2.02. The molecule has 3 N–H and O–H groups in total. The third kappa shape index (κ3) is 4.76. The number of nitrogens with zero attached hydrogens (tertiary/aromatic N) is 3. The van der Waals surface area contributed by atoms with Crippen LogP contribution in [0.25, 0.3) is 22.6 Å². The molecule has 0 radical (unpaired) electrons. The van der Waals surface area contributed by atoms with E-state index in [4.69, 9.17) is 4.74 Å². The van der Waals surface area contributed by atoms with Gasteiger partial charge in [0, 0.05) is 16.8 Å². The SMILES string of the molecule is COc1ccccc1Cn1c(=O)[nH]c2c(NC=O)nc(-c3cccc(NCS(=O)[O-])c3)nc21. The van der Waals surface area contributed by atoms with Gasteiger partial charge in [0.15, 0.2) is 17.3 Å². The number of rotatable bonds is 9. The minimum absolute atomic E-state index is 0.139. The molecular weight excluding hydrogens is 448 g/mol. The molecule has 0 saturated carbocycles. The molecular formula is C21H19N6O5S-. The Bertz CT molecular complexity index is 1400. The number of amides is 1. The van der Waals surface area contributed by atoms with Crippen LogP contribution in [0.5, 0.6) is 5.75 Å². The Morgan fingerprint density at radius 3 is 2.79 bits per heavy atom. The van der Waals surface area contributed by atoms with Gasteiger partial charge in [0.1, 0.15) is 11.3 Å². The molecule has 4 aromatic rings. The number of aromatic amines is 1. The first-order chi connectivity index (χ1) is 16.0. The van der Waals surface area contributed by atoms with Crippen LogP contribution >= 0.6 is 0 Å². The Morgan fingerprint density at radius 2 is 2.03 bits per heavy atom. The highest BCUT2D eigenvalue weighted by atomic mass is 32.2. The van der Waals surface area contributed by atoms with E-state index in [9.17, 15) is 18.4 Å². The zero-order valence-corrected chi connectivity index (χ0v) is 18.2. The summed E-state index contributed by atoms with van der Waals surface area (Å²) in [6.07, 6.45) is 0.461. The van der Waals surface area contributed by atoms with Gasteiger partial charge in [0.2, 0.25) is 6.41 Å². The van der Waals surface area contributed by atoms with Gasteiger partial charge < -0.3 is 24.9 Å². The Morgan fingerprint density at radius 1 is 1.21 bits per heavy atom. The van der Waals surface area contributed by atoms with Crippen molar-refractivity contribution in [2.45, 2.75) is 6.54 Å². The normalized spacial score (nSPS) is 11.8. The summed E-state index contributed by atoms with van der Waals surface area (Å²) >= 11 is -2.26. The topological polar surface area (TPSA) is 154 Å². The van der Waals surface area contributed by atoms with Crippen molar-refractivity contribution in [1.29, 1.82) is 0 Å². The second-order valence-corrected chi connectivity index (χ2v) is 7.79. The van der Waals surface area contributed by atoms with Gasteiger partial charge in [-0.2, -0.15) is 0 Å². The fourth-order valence-corrected chi connectivity index (χ4v) is 3.66. The molecule has 1 unspecified atom stereocenters. The van der Waals surface area contributed by atoms with Crippen molar-refractivity contribution in [1.82, 2.24) is 19.5 Å². The van der Waals surface area contributed by atoms with Crippen molar-refractivity contribution in [3.63, 3.8) is 0 Å². The molecule has 170 valence electrons. The van der Waals surface area contributed by atoms with Gasteiger partial charge in [-0.1, -0.05) is 30.3 Å². The Kier molecular flexibility index (Phi) is 6.47. The van der Waals surface area contributed by atoms with Crippen LogP contribution in [0.2, 0.25) is 0 Å². The first kappa shape index (κ1) is 22.2. The number of para-hydroxylation sites is 1. The molecule has 2 heterocycles. The molecule has 4 rings (SSSR count). The third-order valence-electron chi connectivity index (χ3n) is 4.85. The van der Waals surface area contributed by atoms with Crippen molar-refractivity contribution in [3.8, 4) is 17.1 Å². The number of aromatic nitrogens is 4. The van der Waals surface area contributed by atoms with E-state index in [0.29, 0.717) is 29.1 Å². The summed E-state index contributed by atoms with van der Waals surface area (Å²) in [7, 11) is 1.55. The summed E-state index contributed by atoms with van der Waals surface area (Å²) in [5, 5.41) is 5.28. The van der Waals surface area contributed by atoms with Crippen molar-refractivity contribution >= 4 is 40.2 Å². The molecule has 2 aromatic heterocycles. The fourth-order valence-electron chi connectivity index (χ4n) is 3.38. The molecule has 0 fully saturated rings. The lowest BCUT2D eigenvalue weighted by molar-refractivity contribution is -0.105. The van der Waals surface area contributed by atoms with Gasteiger partial charge in [-0.05, 0) is 29.3 Å². The van der Waals surface area contributed by atoms with E-state index in [0.717, 1.165) is 5.56 Å². The van der Waals surface area contributed by atoms with Gasteiger partial charge in [0.25, 0.3) is 0 Å². The van der Waals surface area contributed by atoms with E-state index in [1.807, 2.05) is 18.2 Å². The second-order valence-electron chi connectivity index (χ2n) is 6.89. The first-order valence-corrected chi connectivity index (χ1v) is 11.0. The van der Waals surface area contributed by atoms with Crippen LogP contribution < -0.4 is 21.1 Å². The molecule has 0 saturated heterocycles. The van der Waals surface area contributed by atoms with Crippen LogP contribution in [0.1, 0.15) is 5.56 Å². The number of hydrogen-bond donors (Lipinski definition) is 3. The maximum absolute atomic E-state index is 12.8. The van der Waals surface area contributed by atoms with Crippen molar-refractivity contribution in [2.24, 2.45) is 0 Å². The number of benzene rings is 2. The molecule has 2 aromatic carbocycles. The average molecular weight is 467 g/mol. The number of nitrogens with one attached hydrogen (secondary N) is 3. The van der Waals surface area contributed by atoms with Gasteiger partial charge in [-0.3, -0.25) is 13.6 Å². The number of ether oxygens (including phenoxy) is 1. The van der Waals surface area contributed by atoms with E-state index in [1.165, 1.54) is 4.57 Å². The Labute approximate surface area is 190 Å². The lowest BCUT2D eigenvalue weighted by Gasteiger charge is -2.11. The van der Waals surface area contributed by atoms with Crippen molar-refractivity contribution in [3.05, 3.63) is 64.6 Å². The average Bonchev–Trinajstić information content (AvgIpc) is 3.13. The van der Waals surface area contributed by atoms with Gasteiger partial charge in [-0.25, -0.2) is 14.8 Å². The number of carbonyl (C=O) groups excluding carboxylic acids is 1. The Hall–Kier alpha value is -4.03. The molecule has 0 spiro atoms. The highest BCUT2D eigenvalue weighted by Crippen LogP contribution is 2.26. The van der Waals surface area contributed by atoms with E-state index in [2.05, 4.69) is 25.6 Å². The van der Waals surface area contributed by atoms with Crippen LogP contribution in [-0.2, 0) is 22.4 Å². The van der Waals surface area contributed by atoms with Crippen LogP contribution in [-0.4, -0.2) is 47.7 Å². The van der Waals surface area contributed by atoms with Crippen molar-refractivity contribution in [2.75, 3.05) is 23.6 Å². The number of methoxy groups -OCH3 is 1. The molecule has 11 nitrogen and oxygen atoms in total. The van der Waals surface area contributed by atoms with Crippen LogP contribution in [0, 0.1) is 0 Å². The molecule has 0 aliphatic rings. The summed E-state index contributed by atoms with van der Waals surface area (Å²) in [6, 6.07) is 14.1. The maximum atomic E-state index is 12.8. The van der Waals surface area contributed by atoms with E-state index >= 15 is 0 Å². The first-order valence-electron chi connectivity index (χ1n) is 9.73. The lowest BCUT2D eigenvalue weighted by Crippen LogP contribution is -2.18. The highest BCUT2D eigenvalue weighted by molar-refractivity contribution is 7.79. The van der Waals surface area contributed by atoms with Crippen LogP contribution in [0.15, 0.2) is 53.3 Å². The third-order valence-corrected chi connectivity index (χ3v) is 5.23. The van der Waals surface area contributed by atoms with E-state index in [-0.39, 0.29) is 29.6 Å². The minimum atomic E-state index is -2.26. The summed E-state index contributed by atoms with van der Waals surface area (Å²) in [4.78, 5) is 35.6. The zero-order chi connectivity index (χ0) is 23.4. The quantitative estimate of drug-likeness (QED) is 0.248. The number of hydrogen-bond acceptors (Lipinski definition) is 8. The summed E-state index contributed by atoms with van der Waals surface area (Å²) < 4.78 is 28.5. The molecule has 1 atom stereocenters. The summed E-state index contributed by atoms with van der Waals surface area (Å²) in [6.45, 7) is 0.177. The zero-order valence-electron chi connectivity index (χ0n) is 17.4. The number of anilines is 2. The predicted octanol–water partition coefficient (Wildman–Crippen LogP) is 1.66. The van der Waals surface area contributed by atoms with Crippen LogP contribution in [0.3, 0.4) is 0 Å². The minimum Gasteiger partial charge on any atom is -0.771 e. The molecule has 0 aliphatic heterocycles. The highest BCUT2D eigenvalue weighted by Gasteiger charge is 2.17. The fraction of sp³-hybridized carbons (Fsp3) is 0.143. The lowest BCUT2D eigenvalue weighted by atomic mass is 10.2. The molecule has 1 amide bonds. The largest absolute Gasteiger partial charge is 0.771 e. The van der Waals surface area contributed by atoms with Crippen LogP contribution in [0.4, 0.5) is 11.5 Å². The number of H-pyrrole nitrogens is 1. The maximum Gasteiger partial charge on any atom is 0.328 e. The van der Waals surface area contributed by atoms with E-state index < -0.39 is 16.8 Å². The second kappa shape index (κ2) is 9.63. The van der Waals surface area contributed by atoms with Gasteiger partial charge in [0.05, 0.1) is 19.5 Å². The monoisotopic (exact) mass is 467 g/mol. The standard InChI is InChI=1S/C21H20N6O5S/c1-32-16-8-3-2-5-14(16)10-27-20-17(24-21(27)29)19(22-11-28)25-18(26-20)13-6-4-7-15(9-13)23-12-33(30)31/h2-9,11,23H,10,12H2,1H3,(H,24,29)(H,30,31)(H,22,25,26,28)/p-1. The van der Waals surface area contributed by atoms with E-state index in [1.54, 1.807) is 37.4 Å². The number of carbonyl (C=O) groups is 1. The molecule has 12 heteroatoms. The molecule has 33 heavy (non-hydrogen) atoms. The number of fused-ring (bicyclic) bond motifs is 1. The molecule has 0 aliphatic carbocycles. The summed E-state index contributed by atoms with van der Waals surface area (Å²) in [5.74, 6) is 0.748. The van der Waals surface area contributed by atoms with Gasteiger partial charge in [-0.15, -0.1) is 0 Å². The molecule has 0 bridgehead atoms. The van der Waals surface area contributed by atoms with Gasteiger partial charge >= 0.3 is 5.69 Å². The Balaban J connectivity index is 1.83.